The molecule has 11 heavy (non-hydrogen) atoms. The zero-order chi connectivity index (χ0) is 8.91. The molecule has 1 amide bonds. The molecule has 0 fully saturated rings. The molecular formula is C9H15NO. The maximum Gasteiger partial charge on any atom is 0.295 e. The zero-order valence-electron chi connectivity index (χ0n) is 7.40. The highest BCUT2D eigenvalue weighted by Gasteiger charge is 2.09. The third-order valence-electron chi connectivity index (χ3n) is 1.29. The van der Waals surface area contributed by atoms with Gasteiger partial charge in [-0.1, -0.05) is 20.8 Å². The molecule has 62 valence electrons. The van der Waals surface area contributed by atoms with Gasteiger partial charge in [-0.25, -0.2) is 0 Å². The molecule has 0 aliphatic rings. The second kappa shape index (κ2) is 4.02. The Hall–Kier alpha value is -0.970. The minimum atomic E-state index is -0.325. The van der Waals surface area contributed by atoms with E-state index in [1.54, 1.807) is 0 Å². The Morgan fingerprint density at radius 1 is 1.55 bits per heavy atom. The van der Waals surface area contributed by atoms with Crippen LogP contribution in [0.2, 0.25) is 0 Å². The first-order valence-electron chi connectivity index (χ1n) is 3.70. The van der Waals surface area contributed by atoms with Crippen LogP contribution in [0.1, 0.15) is 27.2 Å². The molecule has 0 radical (unpaired) electrons. The smallest absolute Gasteiger partial charge is 0.295 e. The Morgan fingerprint density at radius 2 is 2.09 bits per heavy atom. The van der Waals surface area contributed by atoms with Gasteiger partial charge in [-0.3, -0.25) is 4.79 Å². The Balaban J connectivity index is 3.45. The molecule has 0 saturated carbocycles. The molecule has 0 bridgehead atoms. The lowest BCUT2D eigenvalue weighted by molar-refractivity contribution is -0.115. The highest BCUT2D eigenvalue weighted by atomic mass is 16.1. The Kier molecular flexibility index (Phi) is 3.67. The van der Waals surface area contributed by atoms with Crippen molar-refractivity contribution in [2.75, 3.05) is 6.54 Å². The fourth-order valence-corrected chi connectivity index (χ4v) is 0.602. The van der Waals surface area contributed by atoms with Crippen molar-refractivity contribution in [3.8, 4) is 12.3 Å². The van der Waals surface area contributed by atoms with E-state index in [0.717, 1.165) is 6.42 Å². The van der Waals surface area contributed by atoms with E-state index in [1.807, 2.05) is 5.92 Å². The number of terminal acetylenes is 1. The summed E-state index contributed by atoms with van der Waals surface area (Å²) in [5.41, 5.74) is 0.252. The first kappa shape index (κ1) is 10.0. The molecule has 0 unspecified atom stereocenters. The molecule has 0 aliphatic carbocycles. The molecule has 2 heteroatoms. The van der Waals surface area contributed by atoms with Gasteiger partial charge >= 0.3 is 0 Å². The molecule has 0 atom stereocenters. The molecule has 0 aromatic heterocycles. The van der Waals surface area contributed by atoms with Crippen molar-refractivity contribution in [2.24, 2.45) is 5.41 Å². The van der Waals surface area contributed by atoms with Crippen molar-refractivity contribution in [3.05, 3.63) is 0 Å². The lowest BCUT2D eigenvalue weighted by Crippen LogP contribution is -2.25. The van der Waals surface area contributed by atoms with Gasteiger partial charge in [-0.05, 0) is 17.8 Å². The first-order chi connectivity index (χ1) is 4.95. The van der Waals surface area contributed by atoms with Crippen LogP contribution in [0.25, 0.3) is 0 Å². The summed E-state index contributed by atoms with van der Waals surface area (Å²) in [6.45, 7) is 7.02. The number of carbonyl (C=O) groups is 1. The average molecular weight is 153 g/mol. The Labute approximate surface area is 68.4 Å². The molecule has 0 aliphatic heterocycles. The normalized spacial score (nSPS) is 10.4. The van der Waals surface area contributed by atoms with Gasteiger partial charge in [-0.15, -0.1) is 6.42 Å². The molecule has 0 spiro atoms. The minimum Gasteiger partial charge on any atom is -0.345 e. The maximum absolute atomic E-state index is 10.6. The van der Waals surface area contributed by atoms with Gasteiger partial charge in [0.25, 0.3) is 5.91 Å². The number of amides is 1. The predicted molar refractivity (Wildman–Crippen MR) is 45.9 cm³/mol. The first-order valence-corrected chi connectivity index (χ1v) is 3.70. The van der Waals surface area contributed by atoms with Crippen LogP contribution in [0, 0.1) is 17.8 Å². The lowest BCUT2D eigenvalue weighted by atomic mass is 9.92. The lowest BCUT2D eigenvalue weighted by Gasteiger charge is -2.17. The summed E-state index contributed by atoms with van der Waals surface area (Å²) in [6.07, 6.45) is 5.80. The highest BCUT2D eigenvalue weighted by molar-refractivity contribution is 5.92. The van der Waals surface area contributed by atoms with Crippen LogP contribution in [0.4, 0.5) is 0 Å². The van der Waals surface area contributed by atoms with Crippen LogP contribution in [-0.2, 0) is 4.79 Å². The minimum absolute atomic E-state index is 0.252. The summed E-state index contributed by atoms with van der Waals surface area (Å²) >= 11 is 0. The second-order valence-corrected chi connectivity index (χ2v) is 3.71. The van der Waals surface area contributed by atoms with Gasteiger partial charge in [0.15, 0.2) is 0 Å². The summed E-state index contributed by atoms with van der Waals surface area (Å²) in [7, 11) is 0. The van der Waals surface area contributed by atoms with Crippen molar-refractivity contribution in [1.82, 2.24) is 5.32 Å². The van der Waals surface area contributed by atoms with Crippen molar-refractivity contribution in [3.63, 3.8) is 0 Å². The van der Waals surface area contributed by atoms with E-state index in [0.29, 0.717) is 6.54 Å². The van der Waals surface area contributed by atoms with E-state index in [-0.39, 0.29) is 11.3 Å². The van der Waals surface area contributed by atoms with Crippen molar-refractivity contribution in [1.29, 1.82) is 0 Å². The van der Waals surface area contributed by atoms with Crippen molar-refractivity contribution in [2.45, 2.75) is 27.2 Å². The molecule has 0 rings (SSSR count). The molecule has 2 nitrogen and oxygen atoms in total. The van der Waals surface area contributed by atoms with E-state index in [9.17, 15) is 4.79 Å². The summed E-state index contributed by atoms with van der Waals surface area (Å²) < 4.78 is 0. The maximum atomic E-state index is 10.6. The van der Waals surface area contributed by atoms with Crippen LogP contribution in [-0.4, -0.2) is 12.5 Å². The SMILES string of the molecule is C#CC(=O)NCCC(C)(C)C. The van der Waals surface area contributed by atoms with E-state index >= 15 is 0 Å². The van der Waals surface area contributed by atoms with Gasteiger partial charge in [-0.2, -0.15) is 0 Å². The summed E-state index contributed by atoms with van der Waals surface area (Å²) in [6, 6.07) is 0. The van der Waals surface area contributed by atoms with Crippen LogP contribution in [0.3, 0.4) is 0 Å². The van der Waals surface area contributed by atoms with E-state index < -0.39 is 0 Å². The van der Waals surface area contributed by atoms with Gasteiger partial charge in [0.1, 0.15) is 0 Å². The summed E-state index contributed by atoms with van der Waals surface area (Å²) in [4.78, 5) is 10.6. The van der Waals surface area contributed by atoms with E-state index in [2.05, 4.69) is 26.1 Å². The average Bonchev–Trinajstić information content (AvgIpc) is 1.85. The topological polar surface area (TPSA) is 29.1 Å². The van der Waals surface area contributed by atoms with Crippen molar-refractivity contribution >= 4 is 5.91 Å². The zero-order valence-corrected chi connectivity index (χ0v) is 7.40. The quantitative estimate of drug-likeness (QED) is 0.593. The number of hydrogen-bond donors (Lipinski definition) is 1. The van der Waals surface area contributed by atoms with Gasteiger partial charge in [0.2, 0.25) is 0 Å². The van der Waals surface area contributed by atoms with E-state index in [1.165, 1.54) is 0 Å². The largest absolute Gasteiger partial charge is 0.345 e. The fraction of sp³-hybridized carbons (Fsp3) is 0.667. The van der Waals surface area contributed by atoms with Gasteiger partial charge in [0.05, 0.1) is 0 Å². The number of hydrogen-bond acceptors (Lipinski definition) is 1. The second-order valence-electron chi connectivity index (χ2n) is 3.71. The molecular weight excluding hydrogens is 138 g/mol. The molecule has 1 N–H and O–H groups in total. The van der Waals surface area contributed by atoms with Gasteiger partial charge < -0.3 is 5.32 Å². The van der Waals surface area contributed by atoms with Crippen LogP contribution in [0.15, 0.2) is 0 Å². The highest BCUT2D eigenvalue weighted by Crippen LogP contribution is 2.16. The molecule has 0 saturated heterocycles. The van der Waals surface area contributed by atoms with Crippen molar-refractivity contribution < 1.29 is 4.79 Å². The Bertz CT molecular complexity index is 171. The monoisotopic (exact) mass is 153 g/mol. The number of rotatable bonds is 2. The molecule has 0 heterocycles. The van der Waals surface area contributed by atoms with Gasteiger partial charge in [0, 0.05) is 6.54 Å². The van der Waals surface area contributed by atoms with Crippen LogP contribution < -0.4 is 5.32 Å². The van der Waals surface area contributed by atoms with Crippen LogP contribution in [0.5, 0.6) is 0 Å². The predicted octanol–water partition coefficient (Wildman–Crippen LogP) is 1.17. The summed E-state index contributed by atoms with van der Waals surface area (Å²) in [5.74, 6) is 1.68. The number of nitrogens with one attached hydrogen (secondary N) is 1. The fourth-order valence-electron chi connectivity index (χ4n) is 0.602. The standard InChI is InChI=1S/C9H15NO/c1-5-8(11)10-7-6-9(2,3)4/h1H,6-7H2,2-4H3,(H,10,11). The molecule has 0 aromatic carbocycles. The summed E-state index contributed by atoms with van der Waals surface area (Å²) in [5, 5.41) is 2.61. The third-order valence-corrected chi connectivity index (χ3v) is 1.29. The Morgan fingerprint density at radius 3 is 2.45 bits per heavy atom. The molecule has 0 aromatic rings. The number of carbonyl (C=O) groups excluding carboxylic acids is 1. The van der Waals surface area contributed by atoms with Crippen LogP contribution >= 0.6 is 0 Å². The van der Waals surface area contributed by atoms with E-state index in [4.69, 9.17) is 6.42 Å². The third kappa shape index (κ3) is 6.92.